The molecular weight excluding hydrogens is 254 g/mol. The van der Waals surface area contributed by atoms with Crippen molar-refractivity contribution >= 4 is 22.9 Å². The van der Waals surface area contributed by atoms with Crippen LogP contribution in [0.15, 0.2) is 30.3 Å². The quantitative estimate of drug-likeness (QED) is 0.508. The van der Waals surface area contributed by atoms with E-state index in [0.717, 1.165) is 5.56 Å². The number of carbonyl (C=O) groups is 2. The summed E-state index contributed by atoms with van der Waals surface area (Å²) in [6.07, 6.45) is 0. The zero-order valence-corrected chi connectivity index (χ0v) is 11.1. The minimum absolute atomic E-state index is 0.0871. The highest BCUT2D eigenvalue weighted by molar-refractivity contribution is 6.63. The predicted octanol–water partition coefficient (Wildman–Crippen LogP) is 2.70. The fourth-order valence-corrected chi connectivity index (χ4v) is 1.56. The smallest absolute Gasteiger partial charge is 0.329 e. The molecule has 0 aliphatic heterocycles. The summed E-state index contributed by atoms with van der Waals surface area (Å²) in [5, 5.41) is 1.61. The molecule has 0 fully saturated rings. The number of carbonyl (C=O) groups excluding carboxylic acids is 2. The van der Waals surface area contributed by atoms with Crippen LogP contribution in [0, 0.1) is 5.92 Å². The predicted molar refractivity (Wildman–Crippen MR) is 69.2 cm³/mol. The summed E-state index contributed by atoms with van der Waals surface area (Å²) in [4.78, 5) is 22.6. The number of ether oxygens (including phenoxy) is 1. The summed E-state index contributed by atoms with van der Waals surface area (Å²) in [5.74, 6) is -0.571. The summed E-state index contributed by atoms with van der Waals surface area (Å²) in [7, 11) is 0. The zero-order chi connectivity index (χ0) is 13.5. The lowest BCUT2D eigenvalue weighted by Crippen LogP contribution is -2.43. The van der Waals surface area contributed by atoms with Crippen molar-refractivity contribution in [2.75, 3.05) is 0 Å². The molecule has 4 nitrogen and oxygen atoms in total. The van der Waals surface area contributed by atoms with Crippen LogP contribution in [0.25, 0.3) is 0 Å². The van der Waals surface area contributed by atoms with E-state index in [9.17, 15) is 9.59 Å². The zero-order valence-electron chi connectivity index (χ0n) is 10.4. The van der Waals surface area contributed by atoms with Gasteiger partial charge < -0.3 is 10.1 Å². The molecule has 0 saturated heterocycles. The van der Waals surface area contributed by atoms with Crippen molar-refractivity contribution in [3.63, 3.8) is 0 Å². The lowest BCUT2D eigenvalue weighted by Gasteiger charge is -2.19. The Labute approximate surface area is 111 Å². The number of esters is 1. The van der Waals surface area contributed by atoms with Crippen LogP contribution in [-0.2, 0) is 16.1 Å². The van der Waals surface area contributed by atoms with E-state index in [-0.39, 0.29) is 12.5 Å². The van der Waals surface area contributed by atoms with Gasteiger partial charge >= 0.3 is 11.3 Å². The molecule has 0 bridgehead atoms. The minimum atomic E-state index is -0.759. The minimum Gasteiger partial charge on any atom is -0.459 e. The Morgan fingerprint density at radius 2 is 1.89 bits per heavy atom. The van der Waals surface area contributed by atoms with Gasteiger partial charge in [0, 0.05) is 0 Å². The second-order valence-corrected chi connectivity index (χ2v) is 4.58. The van der Waals surface area contributed by atoms with Gasteiger partial charge in [0.15, 0.2) is 0 Å². The average molecular weight is 270 g/mol. The van der Waals surface area contributed by atoms with Gasteiger partial charge in [-0.05, 0) is 23.1 Å². The molecule has 0 radical (unpaired) electrons. The van der Waals surface area contributed by atoms with E-state index in [1.165, 1.54) is 0 Å². The normalized spacial score (nSPS) is 12.0. The van der Waals surface area contributed by atoms with E-state index in [4.69, 9.17) is 16.3 Å². The van der Waals surface area contributed by atoms with Crippen molar-refractivity contribution in [1.82, 2.24) is 5.32 Å². The Kier molecular flexibility index (Phi) is 5.65. The number of hydrogen-bond acceptors (Lipinski definition) is 3. The van der Waals surface area contributed by atoms with E-state index in [1.54, 1.807) is 13.8 Å². The Morgan fingerprint density at radius 1 is 1.28 bits per heavy atom. The summed E-state index contributed by atoms with van der Waals surface area (Å²) >= 11 is 5.22. The van der Waals surface area contributed by atoms with Crippen LogP contribution in [0.4, 0.5) is 4.79 Å². The van der Waals surface area contributed by atoms with Crippen molar-refractivity contribution in [3.05, 3.63) is 35.9 Å². The van der Waals surface area contributed by atoms with Gasteiger partial charge in [0.1, 0.15) is 12.6 Å². The molecule has 5 heteroatoms. The highest BCUT2D eigenvalue weighted by Crippen LogP contribution is 2.07. The highest BCUT2D eigenvalue weighted by atomic mass is 35.5. The first-order valence-corrected chi connectivity index (χ1v) is 6.05. The van der Waals surface area contributed by atoms with Crippen molar-refractivity contribution in [1.29, 1.82) is 0 Å². The van der Waals surface area contributed by atoms with Crippen LogP contribution in [-0.4, -0.2) is 17.4 Å². The molecule has 0 heterocycles. The molecule has 1 atom stereocenters. The van der Waals surface area contributed by atoms with Crippen LogP contribution >= 0.6 is 11.6 Å². The van der Waals surface area contributed by atoms with E-state index in [0.29, 0.717) is 0 Å². The molecule has 0 spiro atoms. The number of rotatable bonds is 5. The molecule has 1 N–H and O–H groups in total. The summed E-state index contributed by atoms with van der Waals surface area (Å²) in [6, 6.07) is 8.61. The molecule has 0 aliphatic carbocycles. The van der Waals surface area contributed by atoms with Crippen LogP contribution in [0.1, 0.15) is 19.4 Å². The Hall–Kier alpha value is -1.55. The first kappa shape index (κ1) is 14.5. The first-order valence-electron chi connectivity index (χ1n) is 5.67. The fraction of sp³-hybridized carbons (Fsp3) is 0.385. The fourth-order valence-electron chi connectivity index (χ4n) is 1.44. The number of nitrogens with one attached hydrogen (secondary N) is 1. The maximum atomic E-state index is 11.8. The lowest BCUT2D eigenvalue weighted by atomic mass is 10.1. The van der Waals surface area contributed by atoms with Crippen molar-refractivity contribution < 1.29 is 14.3 Å². The molecular formula is C13H16ClNO3. The van der Waals surface area contributed by atoms with Crippen LogP contribution in [0.5, 0.6) is 0 Å². The standard InChI is InChI=1S/C13H16ClNO3/c1-9(2)11(15-13(14)17)12(16)18-8-10-6-4-3-5-7-10/h3-7,9,11H,8H2,1-2H3,(H,15,17)/t11-/m0/s1. The third-order valence-corrected chi connectivity index (χ3v) is 2.52. The van der Waals surface area contributed by atoms with Gasteiger partial charge in [0.25, 0.3) is 0 Å². The highest BCUT2D eigenvalue weighted by Gasteiger charge is 2.24. The van der Waals surface area contributed by atoms with E-state index >= 15 is 0 Å². The number of halogens is 1. The van der Waals surface area contributed by atoms with E-state index in [1.807, 2.05) is 30.3 Å². The molecule has 0 aliphatic rings. The Balaban J connectivity index is 2.54. The number of hydrogen-bond donors (Lipinski definition) is 1. The number of amides is 1. The number of benzene rings is 1. The third-order valence-electron chi connectivity index (χ3n) is 2.41. The van der Waals surface area contributed by atoms with Crippen LogP contribution in [0.3, 0.4) is 0 Å². The molecule has 18 heavy (non-hydrogen) atoms. The molecule has 0 saturated carbocycles. The lowest BCUT2D eigenvalue weighted by molar-refractivity contribution is -0.148. The van der Waals surface area contributed by atoms with Gasteiger partial charge in [0.05, 0.1) is 0 Å². The largest absolute Gasteiger partial charge is 0.459 e. The van der Waals surface area contributed by atoms with Gasteiger partial charge in [-0.2, -0.15) is 0 Å². The maximum absolute atomic E-state index is 11.8. The molecule has 0 unspecified atom stereocenters. The second-order valence-electron chi connectivity index (χ2n) is 4.23. The van der Waals surface area contributed by atoms with Crippen LogP contribution in [0.2, 0.25) is 0 Å². The molecule has 0 aromatic heterocycles. The molecule has 1 aromatic carbocycles. The average Bonchev–Trinajstić information content (AvgIpc) is 2.34. The van der Waals surface area contributed by atoms with Gasteiger partial charge in [0.2, 0.25) is 0 Å². The SMILES string of the molecule is CC(C)[C@H](NC(=O)Cl)C(=O)OCc1ccccc1. The molecule has 1 amide bonds. The third kappa shape index (κ3) is 4.75. The first-order chi connectivity index (χ1) is 8.50. The molecule has 1 aromatic rings. The van der Waals surface area contributed by atoms with Gasteiger partial charge in [-0.3, -0.25) is 4.79 Å². The van der Waals surface area contributed by atoms with Crippen molar-refractivity contribution in [3.8, 4) is 0 Å². The summed E-state index contributed by atoms with van der Waals surface area (Å²) < 4.78 is 5.14. The van der Waals surface area contributed by atoms with Gasteiger partial charge in [-0.25, -0.2) is 4.79 Å². The monoisotopic (exact) mass is 269 g/mol. The molecule has 1 rings (SSSR count). The van der Waals surface area contributed by atoms with E-state index < -0.39 is 17.4 Å². The second kappa shape index (κ2) is 7.01. The summed E-state index contributed by atoms with van der Waals surface area (Å²) in [6.45, 7) is 3.80. The van der Waals surface area contributed by atoms with Crippen LogP contribution < -0.4 is 5.32 Å². The molecule has 98 valence electrons. The topological polar surface area (TPSA) is 55.4 Å². The van der Waals surface area contributed by atoms with E-state index in [2.05, 4.69) is 5.32 Å². The Morgan fingerprint density at radius 3 is 2.39 bits per heavy atom. The summed E-state index contributed by atoms with van der Waals surface area (Å²) in [5.41, 5.74) is 0.894. The van der Waals surface area contributed by atoms with Gasteiger partial charge in [-0.1, -0.05) is 44.2 Å². The van der Waals surface area contributed by atoms with Crippen molar-refractivity contribution in [2.24, 2.45) is 5.92 Å². The maximum Gasteiger partial charge on any atom is 0.329 e. The van der Waals surface area contributed by atoms with Crippen molar-refractivity contribution in [2.45, 2.75) is 26.5 Å². The Bertz CT molecular complexity index is 406. The van der Waals surface area contributed by atoms with Gasteiger partial charge in [-0.15, -0.1) is 0 Å².